The Morgan fingerprint density at radius 1 is 1.09 bits per heavy atom. The number of carbonyl (C=O) groups excluding carboxylic acids is 1. The molecule has 0 aliphatic carbocycles. The summed E-state index contributed by atoms with van der Waals surface area (Å²) in [5.74, 6) is -0.432. The molecule has 0 unspecified atom stereocenters. The van der Waals surface area contributed by atoms with E-state index >= 15 is 0 Å². The van der Waals surface area contributed by atoms with Gasteiger partial charge in [0.25, 0.3) is 0 Å². The molecule has 0 atom stereocenters. The Morgan fingerprint density at radius 2 is 1.68 bits per heavy atom. The number of allylic oxidation sites excluding steroid dienone is 2. The van der Waals surface area contributed by atoms with Crippen molar-refractivity contribution in [3.8, 4) is 0 Å². The first-order chi connectivity index (χ1) is 10.4. The summed E-state index contributed by atoms with van der Waals surface area (Å²) in [5.41, 5.74) is 0. The van der Waals surface area contributed by atoms with Crippen LogP contribution in [0.15, 0.2) is 24.5 Å². The predicted octanol–water partition coefficient (Wildman–Crippen LogP) is 3.72. The van der Waals surface area contributed by atoms with Gasteiger partial charge >= 0.3 is 16.1 Å². The monoisotopic (exact) mass is 332 g/mol. The lowest BCUT2D eigenvalue weighted by atomic mass is 10.1. The van der Waals surface area contributed by atoms with Crippen LogP contribution in [-0.2, 0) is 23.8 Å². The topological polar surface area (TPSA) is 69.7 Å². The molecule has 0 aliphatic rings. The lowest BCUT2D eigenvalue weighted by Crippen LogP contribution is -2.07. The van der Waals surface area contributed by atoms with Crippen LogP contribution in [0.3, 0.4) is 0 Å². The predicted molar refractivity (Wildman–Crippen MR) is 87.8 cm³/mol. The number of carbonyl (C=O) groups is 1. The summed E-state index contributed by atoms with van der Waals surface area (Å²) >= 11 is 0. The zero-order chi connectivity index (χ0) is 16.8. The largest absolute Gasteiger partial charge is 0.463 e. The molecule has 0 radical (unpaired) electrons. The molecule has 0 aliphatic heterocycles. The third-order valence-corrected chi connectivity index (χ3v) is 3.42. The van der Waals surface area contributed by atoms with E-state index in [4.69, 9.17) is 8.92 Å². The maximum Gasteiger partial charge on any atom is 0.334 e. The molecule has 22 heavy (non-hydrogen) atoms. The molecule has 0 fully saturated rings. The first-order valence-corrected chi connectivity index (χ1v) is 9.58. The van der Waals surface area contributed by atoms with Crippen molar-refractivity contribution >= 4 is 16.1 Å². The van der Waals surface area contributed by atoms with Crippen LogP contribution in [0, 0.1) is 0 Å². The van der Waals surface area contributed by atoms with Crippen LogP contribution in [-0.4, -0.2) is 27.2 Å². The second-order valence-corrected chi connectivity index (χ2v) is 6.67. The molecule has 6 heteroatoms. The van der Waals surface area contributed by atoms with Crippen LogP contribution in [0.2, 0.25) is 0 Å². The molecule has 5 nitrogen and oxygen atoms in total. The maximum absolute atomic E-state index is 11.4. The van der Waals surface area contributed by atoms with Gasteiger partial charge in [-0.2, -0.15) is 8.42 Å². The van der Waals surface area contributed by atoms with Crippen molar-refractivity contribution in [2.24, 2.45) is 0 Å². The molecule has 0 bridgehead atoms. The van der Waals surface area contributed by atoms with Crippen molar-refractivity contribution in [1.82, 2.24) is 0 Å². The zero-order valence-electron chi connectivity index (χ0n) is 13.7. The summed E-state index contributed by atoms with van der Waals surface area (Å²) in [6.45, 7) is 5.62. The Kier molecular flexibility index (Phi) is 11.5. The van der Waals surface area contributed by atoms with Crippen molar-refractivity contribution in [2.75, 3.05) is 12.9 Å². The Morgan fingerprint density at radius 3 is 2.23 bits per heavy atom. The van der Waals surface area contributed by atoms with E-state index < -0.39 is 16.1 Å². The SMILES string of the molecule is C=CCCCCCCCC/C(=C/C(=O)OCC)OS(C)(=O)=O. The van der Waals surface area contributed by atoms with E-state index in [2.05, 4.69) is 6.58 Å². The van der Waals surface area contributed by atoms with Crippen LogP contribution in [0.25, 0.3) is 0 Å². The van der Waals surface area contributed by atoms with Crippen molar-refractivity contribution in [3.05, 3.63) is 24.5 Å². The highest BCUT2D eigenvalue weighted by atomic mass is 32.2. The number of unbranched alkanes of at least 4 members (excludes halogenated alkanes) is 6. The van der Waals surface area contributed by atoms with Crippen LogP contribution >= 0.6 is 0 Å². The van der Waals surface area contributed by atoms with E-state index in [0.29, 0.717) is 6.42 Å². The third kappa shape index (κ3) is 13.7. The van der Waals surface area contributed by atoms with Gasteiger partial charge in [-0.3, -0.25) is 0 Å². The molecule has 0 saturated heterocycles. The minimum atomic E-state index is -3.63. The van der Waals surface area contributed by atoms with Crippen molar-refractivity contribution in [3.63, 3.8) is 0 Å². The van der Waals surface area contributed by atoms with Gasteiger partial charge in [-0.15, -0.1) is 6.58 Å². The van der Waals surface area contributed by atoms with Gasteiger partial charge in [0.1, 0.15) is 5.76 Å². The molecular weight excluding hydrogens is 304 g/mol. The summed E-state index contributed by atoms with van der Waals surface area (Å²) in [6.07, 6.45) is 11.8. The van der Waals surface area contributed by atoms with Gasteiger partial charge < -0.3 is 8.92 Å². The van der Waals surface area contributed by atoms with Crippen molar-refractivity contribution in [2.45, 2.75) is 58.3 Å². The van der Waals surface area contributed by atoms with Gasteiger partial charge in [0.05, 0.1) is 18.9 Å². The molecular formula is C16H28O5S. The third-order valence-electron chi connectivity index (χ3n) is 2.91. The minimum Gasteiger partial charge on any atom is -0.463 e. The van der Waals surface area contributed by atoms with Gasteiger partial charge in [0, 0.05) is 6.42 Å². The summed E-state index contributed by atoms with van der Waals surface area (Å²) in [6, 6.07) is 0. The van der Waals surface area contributed by atoms with Gasteiger partial charge in [-0.05, 0) is 26.2 Å². The Hall–Kier alpha value is -1.30. The Balaban J connectivity index is 4.14. The van der Waals surface area contributed by atoms with E-state index in [1.165, 1.54) is 6.42 Å². The van der Waals surface area contributed by atoms with Gasteiger partial charge in [-0.25, -0.2) is 4.79 Å². The second kappa shape index (κ2) is 12.3. The standard InChI is InChI=1S/C16H28O5S/c1-4-6-7-8-9-10-11-12-13-15(21-22(3,18)19)14-16(17)20-5-2/h4,14H,1,5-13H2,2-3H3/b15-14-. The Bertz CT molecular complexity index is 451. The van der Waals surface area contributed by atoms with Gasteiger partial charge in [-0.1, -0.05) is 31.8 Å². The van der Waals surface area contributed by atoms with Gasteiger partial charge in [0.2, 0.25) is 0 Å². The van der Waals surface area contributed by atoms with E-state index in [1.54, 1.807) is 6.92 Å². The first kappa shape index (κ1) is 20.7. The summed E-state index contributed by atoms with van der Waals surface area (Å²) < 4.78 is 32.0. The van der Waals surface area contributed by atoms with Crippen molar-refractivity contribution < 1.29 is 22.1 Å². The average Bonchev–Trinajstić information content (AvgIpc) is 2.40. The molecule has 0 saturated carbocycles. The first-order valence-electron chi connectivity index (χ1n) is 7.76. The number of esters is 1. The van der Waals surface area contributed by atoms with Crippen molar-refractivity contribution in [1.29, 1.82) is 0 Å². The second-order valence-electron chi connectivity index (χ2n) is 5.10. The molecule has 128 valence electrons. The fourth-order valence-electron chi connectivity index (χ4n) is 1.94. The lowest BCUT2D eigenvalue weighted by Gasteiger charge is -2.08. The summed E-state index contributed by atoms with van der Waals surface area (Å²) in [7, 11) is -3.63. The van der Waals surface area contributed by atoms with Crippen LogP contribution in [0.5, 0.6) is 0 Å². The number of rotatable bonds is 13. The van der Waals surface area contributed by atoms with E-state index in [1.807, 2.05) is 6.08 Å². The Labute approximate surface area is 134 Å². The number of hydrogen-bond acceptors (Lipinski definition) is 5. The van der Waals surface area contributed by atoms with Crippen LogP contribution in [0.1, 0.15) is 58.3 Å². The molecule has 0 aromatic carbocycles. The fourth-order valence-corrected chi connectivity index (χ4v) is 2.46. The molecule has 0 spiro atoms. The average molecular weight is 332 g/mol. The molecule has 0 aromatic heterocycles. The highest BCUT2D eigenvalue weighted by molar-refractivity contribution is 7.86. The lowest BCUT2D eigenvalue weighted by molar-refractivity contribution is -0.137. The smallest absolute Gasteiger partial charge is 0.334 e. The minimum absolute atomic E-state index is 0.146. The van der Waals surface area contributed by atoms with E-state index in [-0.39, 0.29) is 12.4 Å². The van der Waals surface area contributed by atoms with Crippen LogP contribution in [0.4, 0.5) is 0 Å². The maximum atomic E-state index is 11.4. The number of ether oxygens (including phenoxy) is 1. The quantitative estimate of drug-likeness (QED) is 0.128. The normalized spacial score (nSPS) is 12.0. The summed E-state index contributed by atoms with van der Waals surface area (Å²) in [5, 5.41) is 0. The molecule has 0 N–H and O–H groups in total. The summed E-state index contributed by atoms with van der Waals surface area (Å²) in [4.78, 5) is 11.4. The fraction of sp³-hybridized carbons (Fsp3) is 0.688. The zero-order valence-corrected chi connectivity index (χ0v) is 14.5. The van der Waals surface area contributed by atoms with E-state index in [0.717, 1.165) is 50.9 Å². The van der Waals surface area contributed by atoms with Crippen LogP contribution < -0.4 is 0 Å². The van der Waals surface area contributed by atoms with Gasteiger partial charge in [0.15, 0.2) is 0 Å². The molecule has 0 heterocycles. The molecule has 0 amide bonds. The molecule has 0 rings (SSSR count). The molecule has 0 aromatic rings. The highest BCUT2D eigenvalue weighted by Gasteiger charge is 2.10. The highest BCUT2D eigenvalue weighted by Crippen LogP contribution is 2.15. The van der Waals surface area contributed by atoms with E-state index in [9.17, 15) is 13.2 Å². The number of hydrogen-bond donors (Lipinski definition) is 0.